The molecule has 0 aliphatic rings. The summed E-state index contributed by atoms with van der Waals surface area (Å²) in [4.78, 5) is 0. The number of hydrogen-bond donors (Lipinski definition) is 1. The summed E-state index contributed by atoms with van der Waals surface area (Å²) in [6.07, 6.45) is 0.953. The van der Waals surface area contributed by atoms with Crippen LogP contribution >= 0.6 is 0 Å². The van der Waals surface area contributed by atoms with Gasteiger partial charge in [-0.3, -0.25) is 0 Å². The van der Waals surface area contributed by atoms with Crippen LogP contribution in [0, 0.1) is 5.92 Å². The van der Waals surface area contributed by atoms with Crippen molar-refractivity contribution >= 4 is 0 Å². The Balaban J connectivity index is 2.79. The molecule has 0 fully saturated rings. The van der Waals surface area contributed by atoms with Crippen molar-refractivity contribution < 1.29 is 4.42 Å². The van der Waals surface area contributed by atoms with Gasteiger partial charge >= 0.3 is 0 Å². The maximum absolute atomic E-state index is 5.67. The minimum Gasteiger partial charge on any atom is -0.423 e. The van der Waals surface area contributed by atoms with Crippen molar-refractivity contribution in [3.05, 3.63) is 11.8 Å². The van der Waals surface area contributed by atoms with Gasteiger partial charge in [0.25, 0.3) is 0 Å². The van der Waals surface area contributed by atoms with E-state index in [-0.39, 0.29) is 6.04 Å². The Labute approximate surface area is 91.5 Å². The van der Waals surface area contributed by atoms with E-state index in [1.54, 1.807) is 0 Å². The fourth-order valence-corrected chi connectivity index (χ4v) is 1.36. The van der Waals surface area contributed by atoms with Crippen molar-refractivity contribution in [2.24, 2.45) is 5.92 Å². The summed E-state index contributed by atoms with van der Waals surface area (Å²) >= 11 is 0. The highest BCUT2D eigenvalue weighted by molar-refractivity contribution is 4.94. The Bertz CT molecular complexity index is 275. The zero-order chi connectivity index (χ0) is 11.4. The quantitative estimate of drug-likeness (QED) is 0.813. The molecule has 1 N–H and O–H groups in total. The van der Waals surface area contributed by atoms with Crippen molar-refractivity contribution in [3.8, 4) is 0 Å². The van der Waals surface area contributed by atoms with E-state index in [2.05, 4.69) is 43.2 Å². The van der Waals surface area contributed by atoms with Crippen molar-refractivity contribution in [2.75, 3.05) is 7.05 Å². The van der Waals surface area contributed by atoms with Crippen LogP contribution in [0.15, 0.2) is 4.42 Å². The molecule has 0 saturated carbocycles. The van der Waals surface area contributed by atoms with Gasteiger partial charge in [-0.1, -0.05) is 27.7 Å². The van der Waals surface area contributed by atoms with Gasteiger partial charge in [0.05, 0.1) is 6.04 Å². The van der Waals surface area contributed by atoms with E-state index in [4.69, 9.17) is 4.42 Å². The minimum atomic E-state index is 0.172. The summed E-state index contributed by atoms with van der Waals surface area (Å²) < 4.78 is 5.67. The molecule has 0 aliphatic heterocycles. The van der Waals surface area contributed by atoms with Crippen LogP contribution in [0.2, 0.25) is 0 Å². The fraction of sp³-hybridized carbons (Fsp3) is 0.818. The van der Waals surface area contributed by atoms with Crippen LogP contribution in [-0.4, -0.2) is 17.2 Å². The van der Waals surface area contributed by atoms with E-state index in [0.29, 0.717) is 17.7 Å². The smallest absolute Gasteiger partial charge is 0.233 e. The Morgan fingerprint density at radius 3 is 2.27 bits per heavy atom. The molecule has 0 radical (unpaired) electrons. The summed E-state index contributed by atoms with van der Waals surface area (Å²) in [6, 6.07) is 0.172. The summed E-state index contributed by atoms with van der Waals surface area (Å²) in [5, 5.41) is 11.3. The molecule has 15 heavy (non-hydrogen) atoms. The van der Waals surface area contributed by atoms with E-state index < -0.39 is 0 Å². The molecular weight excluding hydrogens is 190 g/mol. The topological polar surface area (TPSA) is 51.0 Å². The fourth-order valence-electron chi connectivity index (χ4n) is 1.36. The maximum atomic E-state index is 5.67. The first-order chi connectivity index (χ1) is 7.10. The largest absolute Gasteiger partial charge is 0.423 e. The maximum Gasteiger partial charge on any atom is 0.233 e. The third-order valence-corrected chi connectivity index (χ3v) is 2.90. The highest BCUT2D eigenvalue weighted by Gasteiger charge is 2.20. The van der Waals surface area contributed by atoms with Crippen LogP contribution in [0.5, 0.6) is 0 Å². The number of nitrogens with zero attached hydrogens (tertiary/aromatic N) is 2. The average molecular weight is 211 g/mol. The molecular formula is C11H21N3O. The summed E-state index contributed by atoms with van der Waals surface area (Å²) in [6.45, 7) is 8.52. The Morgan fingerprint density at radius 1 is 1.20 bits per heavy atom. The monoisotopic (exact) mass is 211 g/mol. The molecule has 2 atom stereocenters. The van der Waals surface area contributed by atoms with Crippen LogP contribution in [-0.2, 0) is 0 Å². The van der Waals surface area contributed by atoms with Crippen LogP contribution in [0.1, 0.15) is 57.9 Å². The van der Waals surface area contributed by atoms with E-state index >= 15 is 0 Å². The molecule has 4 heteroatoms. The van der Waals surface area contributed by atoms with Gasteiger partial charge < -0.3 is 9.73 Å². The van der Waals surface area contributed by atoms with Crippen molar-refractivity contribution in [2.45, 2.75) is 46.1 Å². The van der Waals surface area contributed by atoms with Crippen molar-refractivity contribution in [3.63, 3.8) is 0 Å². The SMILES string of the molecule is CCC(NC)c1nnc(C(C)C(C)C)o1. The number of aromatic nitrogens is 2. The zero-order valence-electron chi connectivity index (χ0n) is 10.2. The lowest BCUT2D eigenvalue weighted by Gasteiger charge is -2.11. The zero-order valence-corrected chi connectivity index (χ0v) is 10.2. The Hall–Kier alpha value is -0.900. The molecule has 1 heterocycles. The van der Waals surface area contributed by atoms with Gasteiger partial charge in [0.2, 0.25) is 11.8 Å². The van der Waals surface area contributed by atoms with Gasteiger partial charge in [-0.15, -0.1) is 10.2 Å². The molecule has 0 spiro atoms. The third-order valence-electron chi connectivity index (χ3n) is 2.90. The van der Waals surface area contributed by atoms with Crippen molar-refractivity contribution in [1.29, 1.82) is 0 Å². The van der Waals surface area contributed by atoms with Crippen LogP contribution in [0.4, 0.5) is 0 Å². The highest BCUT2D eigenvalue weighted by atomic mass is 16.4. The van der Waals surface area contributed by atoms with Crippen LogP contribution in [0.25, 0.3) is 0 Å². The minimum absolute atomic E-state index is 0.172. The van der Waals surface area contributed by atoms with Gasteiger partial charge in [-0.2, -0.15) is 0 Å². The van der Waals surface area contributed by atoms with E-state index in [1.165, 1.54) is 0 Å². The molecule has 1 rings (SSSR count). The molecule has 0 bridgehead atoms. The third kappa shape index (κ3) is 2.78. The van der Waals surface area contributed by atoms with E-state index in [1.807, 2.05) is 7.05 Å². The second kappa shape index (κ2) is 5.26. The number of nitrogens with one attached hydrogen (secondary N) is 1. The lowest BCUT2D eigenvalue weighted by atomic mass is 9.98. The first-order valence-corrected chi connectivity index (χ1v) is 5.60. The van der Waals surface area contributed by atoms with Crippen LogP contribution < -0.4 is 5.32 Å². The second-order valence-corrected chi connectivity index (χ2v) is 4.26. The van der Waals surface area contributed by atoms with Crippen molar-refractivity contribution in [1.82, 2.24) is 15.5 Å². The highest BCUT2D eigenvalue weighted by Crippen LogP contribution is 2.24. The summed E-state index contributed by atoms with van der Waals surface area (Å²) in [5.41, 5.74) is 0. The van der Waals surface area contributed by atoms with Gasteiger partial charge in [-0.25, -0.2) is 0 Å². The molecule has 1 aromatic rings. The first-order valence-electron chi connectivity index (χ1n) is 5.60. The lowest BCUT2D eigenvalue weighted by Crippen LogP contribution is -2.15. The predicted molar refractivity (Wildman–Crippen MR) is 59.6 cm³/mol. The molecule has 0 amide bonds. The Morgan fingerprint density at radius 2 is 1.80 bits per heavy atom. The lowest BCUT2D eigenvalue weighted by molar-refractivity contribution is 0.349. The molecule has 4 nitrogen and oxygen atoms in total. The van der Waals surface area contributed by atoms with Gasteiger partial charge in [0.15, 0.2) is 0 Å². The molecule has 86 valence electrons. The number of rotatable bonds is 5. The molecule has 2 unspecified atom stereocenters. The molecule has 0 saturated heterocycles. The normalized spacial score (nSPS) is 15.6. The van der Waals surface area contributed by atoms with Gasteiger partial charge in [0, 0.05) is 5.92 Å². The molecule has 0 aromatic carbocycles. The van der Waals surface area contributed by atoms with E-state index in [9.17, 15) is 0 Å². The average Bonchev–Trinajstić information content (AvgIpc) is 2.67. The standard InChI is InChI=1S/C11H21N3O/c1-6-9(12-5)11-14-13-10(15-11)8(4)7(2)3/h7-9,12H,6H2,1-5H3. The summed E-state index contributed by atoms with van der Waals surface area (Å²) in [5.74, 6) is 2.28. The van der Waals surface area contributed by atoms with Gasteiger partial charge in [0.1, 0.15) is 0 Å². The Kier molecular flexibility index (Phi) is 4.27. The van der Waals surface area contributed by atoms with Crippen LogP contribution in [0.3, 0.4) is 0 Å². The number of hydrogen-bond acceptors (Lipinski definition) is 4. The first kappa shape index (κ1) is 12.2. The molecule has 1 aromatic heterocycles. The van der Waals surface area contributed by atoms with Gasteiger partial charge in [-0.05, 0) is 19.4 Å². The summed E-state index contributed by atoms with van der Waals surface area (Å²) in [7, 11) is 1.91. The molecule has 0 aliphatic carbocycles. The second-order valence-electron chi connectivity index (χ2n) is 4.26. The predicted octanol–water partition coefficient (Wildman–Crippen LogP) is 2.50. The van der Waals surface area contributed by atoms with E-state index in [0.717, 1.165) is 12.3 Å².